The van der Waals surface area contributed by atoms with Crippen LogP contribution in [0.25, 0.3) is 0 Å². The van der Waals surface area contributed by atoms with Crippen LogP contribution in [0.5, 0.6) is 0 Å². The van der Waals surface area contributed by atoms with Crippen LogP contribution in [0.15, 0.2) is 30.3 Å². The maximum Gasteiger partial charge on any atom is 0.407 e. The van der Waals surface area contributed by atoms with Gasteiger partial charge in [0.15, 0.2) is 30.1 Å². The SMILES string of the molecule is CC1(C)OC2O[C@@H]([C@@H]3COC(C)(C)O3)C(OC(=O)CCCNC(=O)OCc3ccccc3)C2O1. The lowest BCUT2D eigenvalue weighted by Gasteiger charge is -2.28. The van der Waals surface area contributed by atoms with Crippen molar-refractivity contribution in [2.24, 2.45) is 0 Å². The van der Waals surface area contributed by atoms with Crippen molar-refractivity contribution >= 4 is 12.1 Å². The minimum Gasteiger partial charge on any atom is -0.456 e. The van der Waals surface area contributed by atoms with Gasteiger partial charge >= 0.3 is 12.1 Å². The number of amides is 1. The molecule has 1 aromatic rings. The molecule has 3 saturated heterocycles. The van der Waals surface area contributed by atoms with E-state index < -0.39 is 54.3 Å². The van der Waals surface area contributed by atoms with Crippen LogP contribution in [-0.2, 0) is 44.6 Å². The number of carbonyl (C=O) groups is 2. The largest absolute Gasteiger partial charge is 0.456 e. The van der Waals surface area contributed by atoms with E-state index in [9.17, 15) is 9.59 Å². The zero-order chi connectivity index (χ0) is 24.3. The summed E-state index contributed by atoms with van der Waals surface area (Å²) in [6.07, 6.45) is -2.97. The fourth-order valence-corrected chi connectivity index (χ4v) is 4.22. The monoisotopic (exact) mass is 479 g/mol. The molecule has 0 spiro atoms. The Labute approximate surface area is 199 Å². The molecule has 0 aliphatic carbocycles. The van der Waals surface area contributed by atoms with Gasteiger partial charge in [0.1, 0.15) is 18.8 Å². The number of nitrogens with one attached hydrogen (secondary N) is 1. The number of rotatable bonds is 8. The third kappa shape index (κ3) is 6.25. The zero-order valence-corrected chi connectivity index (χ0v) is 20.0. The van der Waals surface area contributed by atoms with Crippen molar-refractivity contribution in [1.29, 1.82) is 0 Å². The molecular weight excluding hydrogens is 446 g/mol. The topological polar surface area (TPSA) is 111 Å². The molecule has 3 unspecified atom stereocenters. The van der Waals surface area contributed by atoms with Crippen LogP contribution in [0.1, 0.15) is 46.1 Å². The average Bonchev–Trinajstić information content (AvgIpc) is 3.40. The molecule has 3 aliphatic heterocycles. The van der Waals surface area contributed by atoms with Gasteiger partial charge in [0.2, 0.25) is 0 Å². The van der Waals surface area contributed by atoms with Crippen molar-refractivity contribution in [1.82, 2.24) is 5.32 Å². The van der Waals surface area contributed by atoms with Gasteiger partial charge in [0, 0.05) is 13.0 Å². The Bertz CT molecular complexity index is 859. The highest BCUT2D eigenvalue weighted by atomic mass is 16.8. The van der Waals surface area contributed by atoms with Gasteiger partial charge < -0.3 is 38.5 Å². The highest BCUT2D eigenvalue weighted by molar-refractivity contribution is 5.70. The first kappa shape index (κ1) is 24.9. The second-order valence-electron chi connectivity index (χ2n) is 9.48. The fraction of sp³-hybridized carbons (Fsp3) is 0.667. The Hall–Kier alpha value is -2.24. The van der Waals surface area contributed by atoms with Gasteiger partial charge in [-0.1, -0.05) is 30.3 Å². The quantitative estimate of drug-likeness (QED) is 0.444. The van der Waals surface area contributed by atoms with E-state index in [1.807, 2.05) is 44.2 Å². The van der Waals surface area contributed by atoms with E-state index in [1.165, 1.54) is 0 Å². The minimum atomic E-state index is -0.846. The summed E-state index contributed by atoms with van der Waals surface area (Å²) in [7, 11) is 0. The van der Waals surface area contributed by atoms with Crippen LogP contribution >= 0.6 is 0 Å². The first-order chi connectivity index (χ1) is 16.1. The van der Waals surface area contributed by atoms with Crippen LogP contribution in [0.3, 0.4) is 0 Å². The second-order valence-corrected chi connectivity index (χ2v) is 9.48. The molecule has 5 atom stereocenters. The van der Waals surface area contributed by atoms with E-state index in [1.54, 1.807) is 13.8 Å². The summed E-state index contributed by atoms with van der Waals surface area (Å²) in [5.41, 5.74) is 0.897. The van der Waals surface area contributed by atoms with Gasteiger partial charge in [0.05, 0.1) is 6.61 Å². The number of benzene rings is 1. The molecule has 34 heavy (non-hydrogen) atoms. The molecule has 1 amide bonds. The molecule has 10 heteroatoms. The normalized spacial score (nSPS) is 31.1. The van der Waals surface area contributed by atoms with Gasteiger partial charge in [-0.2, -0.15) is 0 Å². The van der Waals surface area contributed by atoms with Crippen molar-refractivity contribution in [3.05, 3.63) is 35.9 Å². The lowest BCUT2D eigenvalue weighted by Crippen LogP contribution is -2.45. The van der Waals surface area contributed by atoms with Gasteiger partial charge in [0.25, 0.3) is 0 Å². The first-order valence-corrected chi connectivity index (χ1v) is 11.6. The van der Waals surface area contributed by atoms with Crippen LogP contribution < -0.4 is 5.32 Å². The first-order valence-electron chi connectivity index (χ1n) is 11.6. The summed E-state index contributed by atoms with van der Waals surface area (Å²) in [4.78, 5) is 24.4. The summed E-state index contributed by atoms with van der Waals surface area (Å²) in [5, 5.41) is 2.64. The van der Waals surface area contributed by atoms with Crippen LogP contribution in [-0.4, -0.2) is 67.5 Å². The molecule has 3 fully saturated rings. The second kappa shape index (κ2) is 10.2. The molecule has 1 aromatic carbocycles. The van der Waals surface area contributed by atoms with Crippen molar-refractivity contribution in [2.75, 3.05) is 13.2 Å². The Morgan fingerprint density at radius 1 is 1.03 bits per heavy atom. The Kier molecular flexibility index (Phi) is 7.44. The maximum atomic E-state index is 12.6. The number of hydrogen-bond acceptors (Lipinski definition) is 9. The molecule has 0 bridgehead atoms. The smallest absolute Gasteiger partial charge is 0.407 e. The third-order valence-electron chi connectivity index (χ3n) is 5.73. The zero-order valence-electron chi connectivity index (χ0n) is 20.0. The summed E-state index contributed by atoms with van der Waals surface area (Å²) in [6, 6.07) is 9.39. The molecule has 4 rings (SSSR count). The Morgan fingerprint density at radius 3 is 2.50 bits per heavy atom. The highest BCUT2D eigenvalue weighted by Gasteiger charge is 2.59. The fourth-order valence-electron chi connectivity index (χ4n) is 4.22. The van der Waals surface area contributed by atoms with Crippen molar-refractivity contribution in [3.8, 4) is 0 Å². The van der Waals surface area contributed by atoms with Crippen LogP contribution in [0.2, 0.25) is 0 Å². The third-order valence-corrected chi connectivity index (χ3v) is 5.73. The molecule has 188 valence electrons. The molecule has 3 heterocycles. The number of esters is 1. The van der Waals surface area contributed by atoms with Gasteiger partial charge in [-0.3, -0.25) is 4.79 Å². The summed E-state index contributed by atoms with van der Waals surface area (Å²) < 4.78 is 40.3. The van der Waals surface area contributed by atoms with E-state index in [0.717, 1.165) is 5.56 Å². The molecule has 0 aromatic heterocycles. The standard InChI is InChI=1S/C24H33NO9/c1-23(2)29-14-16(32-23)18-19(20-21(31-18)34-24(3,4)33-20)30-17(26)11-8-12-25-22(27)28-13-15-9-6-5-7-10-15/h5-7,9-10,16,18-21H,8,11-14H2,1-4H3,(H,25,27)/t16-,18-,19?,20?,21?/m0/s1. The average molecular weight is 480 g/mol. The Balaban J connectivity index is 1.23. The van der Waals surface area contributed by atoms with Crippen molar-refractivity contribution in [2.45, 2.75) is 89.4 Å². The van der Waals surface area contributed by atoms with Gasteiger partial charge in [-0.05, 0) is 39.7 Å². The van der Waals surface area contributed by atoms with Crippen LogP contribution in [0, 0.1) is 0 Å². The van der Waals surface area contributed by atoms with E-state index in [2.05, 4.69) is 5.32 Å². The van der Waals surface area contributed by atoms with E-state index in [4.69, 9.17) is 33.2 Å². The van der Waals surface area contributed by atoms with Crippen LogP contribution in [0.4, 0.5) is 4.79 Å². The summed E-state index contributed by atoms with van der Waals surface area (Å²) in [5.74, 6) is -2.02. The number of hydrogen-bond donors (Lipinski definition) is 1. The van der Waals surface area contributed by atoms with E-state index >= 15 is 0 Å². The Morgan fingerprint density at radius 2 is 1.79 bits per heavy atom. The predicted octanol–water partition coefficient (Wildman–Crippen LogP) is 2.63. The number of fused-ring (bicyclic) bond motifs is 1. The van der Waals surface area contributed by atoms with E-state index in [-0.39, 0.29) is 19.6 Å². The number of alkyl carbamates (subject to hydrolysis) is 1. The minimum absolute atomic E-state index is 0.108. The highest BCUT2D eigenvalue weighted by Crippen LogP contribution is 2.42. The lowest BCUT2D eigenvalue weighted by molar-refractivity contribution is -0.235. The van der Waals surface area contributed by atoms with Crippen molar-refractivity contribution < 1.29 is 42.7 Å². The molecule has 10 nitrogen and oxygen atoms in total. The molecule has 3 aliphatic rings. The summed E-state index contributed by atoms with van der Waals surface area (Å²) in [6.45, 7) is 7.97. The summed E-state index contributed by atoms with van der Waals surface area (Å²) >= 11 is 0. The maximum absolute atomic E-state index is 12.6. The van der Waals surface area contributed by atoms with Gasteiger partial charge in [-0.15, -0.1) is 0 Å². The number of ether oxygens (including phenoxy) is 7. The van der Waals surface area contributed by atoms with Crippen molar-refractivity contribution in [3.63, 3.8) is 0 Å². The van der Waals surface area contributed by atoms with E-state index in [0.29, 0.717) is 13.0 Å². The molecule has 0 saturated carbocycles. The number of carbonyl (C=O) groups excluding carboxylic acids is 2. The molecule has 1 N–H and O–H groups in total. The van der Waals surface area contributed by atoms with Gasteiger partial charge in [-0.25, -0.2) is 4.79 Å². The molecule has 0 radical (unpaired) electrons. The lowest BCUT2D eigenvalue weighted by atomic mass is 10.1. The predicted molar refractivity (Wildman–Crippen MR) is 117 cm³/mol. The molecular formula is C24H33NO9.